The molecule has 3 nitrogen and oxygen atoms in total. The normalized spacial score (nSPS) is 11.7. The predicted molar refractivity (Wildman–Crippen MR) is 204 cm³/mol. The number of para-hydroxylation sites is 1. The van der Waals surface area contributed by atoms with Crippen LogP contribution >= 0.6 is 0 Å². The first-order valence-corrected chi connectivity index (χ1v) is 16.6. The van der Waals surface area contributed by atoms with Crippen LogP contribution in [0.25, 0.3) is 99.3 Å². The van der Waals surface area contributed by atoms with Crippen LogP contribution in [0.4, 0.5) is 0 Å². The van der Waals surface area contributed by atoms with E-state index in [1.165, 1.54) is 43.4 Å². The highest BCUT2D eigenvalue weighted by molar-refractivity contribution is 6.29. The van der Waals surface area contributed by atoms with Crippen LogP contribution < -0.4 is 0 Å². The molecule has 0 fully saturated rings. The molecule has 0 aliphatic carbocycles. The van der Waals surface area contributed by atoms with Crippen LogP contribution in [0.3, 0.4) is 0 Å². The van der Waals surface area contributed by atoms with Gasteiger partial charge in [-0.2, -0.15) is 0 Å². The largest absolute Gasteiger partial charge is 0.456 e. The van der Waals surface area contributed by atoms with Gasteiger partial charge in [-0.15, -0.1) is 0 Å². The second-order valence-corrected chi connectivity index (χ2v) is 12.5. The van der Waals surface area contributed by atoms with E-state index in [0.29, 0.717) is 5.82 Å². The number of benzene rings is 8. The van der Waals surface area contributed by atoms with E-state index in [1.54, 1.807) is 0 Å². The third-order valence-electron chi connectivity index (χ3n) is 9.67. The summed E-state index contributed by atoms with van der Waals surface area (Å²) in [5.41, 5.74) is 9.08. The van der Waals surface area contributed by atoms with Crippen LogP contribution in [0.15, 0.2) is 174 Å². The fraction of sp³-hybridized carbons (Fsp3) is 0. The lowest BCUT2D eigenvalue weighted by Gasteiger charge is -2.16. The molecule has 10 aromatic rings. The molecule has 0 aliphatic heterocycles. The molecule has 0 atom stereocenters. The maximum atomic E-state index is 6.18. The van der Waals surface area contributed by atoms with E-state index in [1.807, 2.05) is 36.4 Å². The Kier molecular flexibility index (Phi) is 6.18. The van der Waals surface area contributed by atoms with Crippen LogP contribution in [0, 0.1) is 0 Å². The smallest absolute Gasteiger partial charge is 0.160 e. The number of nitrogens with zero attached hydrogens (tertiary/aromatic N) is 2. The molecule has 3 heteroatoms. The maximum absolute atomic E-state index is 6.18. The number of hydrogen-bond acceptors (Lipinski definition) is 3. The second kappa shape index (κ2) is 11.0. The Hall–Kier alpha value is -6.58. The summed E-state index contributed by atoms with van der Waals surface area (Å²) in [7, 11) is 0. The molecule has 0 radical (unpaired) electrons. The number of aromatic nitrogens is 2. The third-order valence-corrected chi connectivity index (χ3v) is 9.67. The molecule has 8 aromatic carbocycles. The maximum Gasteiger partial charge on any atom is 0.160 e. The lowest BCUT2D eigenvalue weighted by molar-refractivity contribution is 0.669. The van der Waals surface area contributed by atoms with Gasteiger partial charge in [0.1, 0.15) is 11.2 Å². The molecular weight excluding hydrogens is 597 g/mol. The highest BCUT2D eigenvalue weighted by atomic mass is 16.3. The number of furan rings is 1. The minimum Gasteiger partial charge on any atom is -0.456 e. The number of hydrogen-bond donors (Lipinski definition) is 0. The zero-order valence-electron chi connectivity index (χ0n) is 26.5. The third kappa shape index (κ3) is 4.51. The Balaban J connectivity index is 1.23. The average Bonchev–Trinajstić information content (AvgIpc) is 3.56. The van der Waals surface area contributed by atoms with Crippen molar-refractivity contribution < 1.29 is 4.42 Å². The standard InChI is InChI=1S/C46H28N2O/c1-3-12-29(13-4-1)41-28-42(48-46(47-41)30-14-5-2-6-15-30)32-22-24-38-39(27-32)35-17-8-7-16-34(35)37-20-11-19-33(45(37)38)31-23-25-44-40(26-31)36-18-9-10-21-43(36)49-44/h1-28H. The fourth-order valence-corrected chi connectivity index (χ4v) is 7.37. The molecule has 2 heterocycles. The molecule has 0 N–H and O–H groups in total. The van der Waals surface area contributed by atoms with Crippen molar-refractivity contribution in [2.75, 3.05) is 0 Å². The minimum atomic E-state index is 0.713. The van der Waals surface area contributed by atoms with Gasteiger partial charge in [0.25, 0.3) is 0 Å². The van der Waals surface area contributed by atoms with Crippen molar-refractivity contribution in [3.05, 3.63) is 170 Å². The minimum absolute atomic E-state index is 0.713. The van der Waals surface area contributed by atoms with E-state index in [2.05, 4.69) is 133 Å². The Bertz CT molecular complexity index is 2810. The molecule has 0 saturated heterocycles. The van der Waals surface area contributed by atoms with Crippen molar-refractivity contribution in [2.24, 2.45) is 0 Å². The quantitative estimate of drug-likeness (QED) is 0.183. The van der Waals surface area contributed by atoms with Gasteiger partial charge in [-0.25, -0.2) is 9.97 Å². The van der Waals surface area contributed by atoms with Crippen LogP contribution in [0.5, 0.6) is 0 Å². The molecular formula is C46H28N2O. The van der Waals surface area contributed by atoms with E-state index < -0.39 is 0 Å². The number of rotatable bonds is 4. The van der Waals surface area contributed by atoms with Crippen LogP contribution in [-0.2, 0) is 0 Å². The van der Waals surface area contributed by atoms with Gasteiger partial charge in [-0.1, -0.05) is 140 Å². The van der Waals surface area contributed by atoms with Crippen molar-refractivity contribution in [3.63, 3.8) is 0 Å². The summed E-state index contributed by atoms with van der Waals surface area (Å²) >= 11 is 0. The summed E-state index contributed by atoms with van der Waals surface area (Å²) in [6, 6.07) is 59.8. The van der Waals surface area contributed by atoms with Crippen molar-refractivity contribution in [1.29, 1.82) is 0 Å². The van der Waals surface area contributed by atoms with Gasteiger partial charge in [-0.05, 0) is 73.8 Å². The van der Waals surface area contributed by atoms with Crippen molar-refractivity contribution in [3.8, 4) is 45.0 Å². The van der Waals surface area contributed by atoms with Gasteiger partial charge >= 0.3 is 0 Å². The van der Waals surface area contributed by atoms with E-state index in [4.69, 9.17) is 14.4 Å². The molecule has 0 amide bonds. The first kappa shape index (κ1) is 27.5. The van der Waals surface area contributed by atoms with Gasteiger partial charge in [0, 0.05) is 27.5 Å². The highest BCUT2D eigenvalue weighted by Gasteiger charge is 2.17. The molecule has 0 saturated carbocycles. The molecule has 10 rings (SSSR count). The molecule has 0 spiro atoms. The van der Waals surface area contributed by atoms with Gasteiger partial charge in [0.2, 0.25) is 0 Å². The lowest BCUT2D eigenvalue weighted by atomic mass is 9.88. The van der Waals surface area contributed by atoms with E-state index in [9.17, 15) is 0 Å². The summed E-state index contributed by atoms with van der Waals surface area (Å²) in [5.74, 6) is 0.713. The fourth-order valence-electron chi connectivity index (χ4n) is 7.37. The van der Waals surface area contributed by atoms with Crippen LogP contribution in [0.2, 0.25) is 0 Å². The molecule has 0 unspecified atom stereocenters. The predicted octanol–water partition coefficient (Wildman–Crippen LogP) is 12.5. The Morgan fingerprint density at radius 1 is 0.327 bits per heavy atom. The van der Waals surface area contributed by atoms with Gasteiger partial charge < -0.3 is 4.42 Å². The number of fused-ring (bicyclic) bond motifs is 9. The zero-order valence-corrected chi connectivity index (χ0v) is 26.5. The first-order valence-electron chi connectivity index (χ1n) is 16.6. The molecule has 2 aromatic heterocycles. The van der Waals surface area contributed by atoms with E-state index in [-0.39, 0.29) is 0 Å². The highest BCUT2D eigenvalue weighted by Crippen LogP contribution is 2.43. The van der Waals surface area contributed by atoms with Crippen molar-refractivity contribution in [1.82, 2.24) is 9.97 Å². The van der Waals surface area contributed by atoms with Gasteiger partial charge in [0.05, 0.1) is 11.4 Å². The first-order chi connectivity index (χ1) is 24.3. The molecule has 0 aliphatic rings. The zero-order chi connectivity index (χ0) is 32.3. The summed E-state index contributed by atoms with van der Waals surface area (Å²) in [6.07, 6.45) is 0. The monoisotopic (exact) mass is 624 g/mol. The summed E-state index contributed by atoms with van der Waals surface area (Å²) in [6.45, 7) is 0. The van der Waals surface area contributed by atoms with E-state index >= 15 is 0 Å². The summed E-state index contributed by atoms with van der Waals surface area (Å²) in [4.78, 5) is 10.2. The Morgan fingerprint density at radius 3 is 1.69 bits per heavy atom. The van der Waals surface area contributed by atoms with Crippen LogP contribution in [-0.4, -0.2) is 9.97 Å². The summed E-state index contributed by atoms with van der Waals surface area (Å²) < 4.78 is 6.18. The molecule has 49 heavy (non-hydrogen) atoms. The van der Waals surface area contributed by atoms with Gasteiger partial charge in [-0.3, -0.25) is 0 Å². The average molecular weight is 625 g/mol. The topological polar surface area (TPSA) is 38.9 Å². The van der Waals surface area contributed by atoms with Crippen molar-refractivity contribution in [2.45, 2.75) is 0 Å². The van der Waals surface area contributed by atoms with E-state index in [0.717, 1.165) is 50.0 Å². The lowest BCUT2D eigenvalue weighted by Crippen LogP contribution is -1.96. The second-order valence-electron chi connectivity index (χ2n) is 12.5. The Labute approximate surface area is 282 Å². The summed E-state index contributed by atoms with van der Waals surface area (Å²) in [5, 5.41) is 9.61. The van der Waals surface area contributed by atoms with Crippen LogP contribution in [0.1, 0.15) is 0 Å². The Morgan fingerprint density at radius 2 is 0.898 bits per heavy atom. The van der Waals surface area contributed by atoms with Crippen molar-refractivity contribution >= 4 is 54.3 Å². The molecule has 0 bridgehead atoms. The molecule has 228 valence electrons. The SMILES string of the molecule is c1ccc(-c2cc(-c3ccc4c(c3)c3ccccc3c3cccc(-c5ccc6oc7ccccc7c6c5)c34)nc(-c3ccccc3)n2)cc1. The van der Waals surface area contributed by atoms with Gasteiger partial charge in [0.15, 0.2) is 5.82 Å².